The zero-order valence-electron chi connectivity index (χ0n) is 12.5. The summed E-state index contributed by atoms with van der Waals surface area (Å²) in [5.74, 6) is -13.1. The summed E-state index contributed by atoms with van der Waals surface area (Å²) in [6.07, 6.45) is 0.747. The van der Waals surface area contributed by atoms with Crippen molar-refractivity contribution in [1.29, 1.82) is 0 Å². The zero-order valence-corrected chi connectivity index (χ0v) is 14.2. The maximum Gasteiger partial charge on any atom is 0.327 e. The minimum Gasteiger partial charge on any atom is -0.480 e. The zero-order chi connectivity index (χ0) is 20.2. The number of azide groups is 1. The van der Waals surface area contributed by atoms with Gasteiger partial charge in [-0.3, -0.25) is 4.79 Å². The number of rotatable bonds is 7. The van der Waals surface area contributed by atoms with Crippen molar-refractivity contribution >= 4 is 37.2 Å². The van der Waals surface area contributed by atoms with Gasteiger partial charge in [-0.25, -0.2) is 30.8 Å². The Kier molecular flexibility index (Phi) is 6.83. The molecule has 1 amide bonds. The third-order valence-corrected chi connectivity index (χ3v) is 5.25. The molecule has 1 rings (SSSR count). The minimum atomic E-state index is -3.71. The van der Waals surface area contributed by atoms with Gasteiger partial charge >= 0.3 is 5.97 Å². The van der Waals surface area contributed by atoms with E-state index in [-0.39, 0.29) is 10.8 Å². The molecule has 15 heteroatoms. The summed E-state index contributed by atoms with van der Waals surface area (Å²) >= 11 is 0. The van der Waals surface area contributed by atoms with Crippen LogP contribution in [0.5, 0.6) is 0 Å². The molecular weight excluding hydrogens is 408 g/mol. The molecule has 0 radical (unpaired) electrons. The Labute approximate surface area is 146 Å². The molecule has 0 aliphatic rings. The molecule has 1 aromatic carbocycles. The number of hydrogen-bond donors (Lipinski definition) is 2. The Bertz CT molecular complexity index is 889. The van der Waals surface area contributed by atoms with Crippen LogP contribution < -0.4 is 5.32 Å². The molecule has 1 aromatic rings. The monoisotopic (exact) mass is 416 g/mol. The van der Waals surface area contributed by atoms with Crippen LogP contribution in [-0.2, 0) is 13.7 Å². The maximum absolute atomic E-state index is 13.8. The van der Waals surface area contributed by atoms with Gasteiger partial charge in [-0.2, -0.15) is 0 Å². The molecule has 0 saturated heterocycles. The average molecular weight is 416 g/mol. The van der Waals surface area contributed by atoms with Crippen molar-refractivity contribution in [3.8, 4) is 0 Å². The summed E-state index contributed by atoms with van der Waals surface area (Å²) in [6, 6.07) is -1.94. The number of benzene rings is 1. The highest BCUT2D eigenvalue weighted by atomic mass is 33.1. The summed E-state index contributed by atoms with van der Waals surface area (Å²) in [4.78, 5) is 24.8. The summed E-state index contributed by atoms with van der Waals surface area (Å²) in [7, 11) is -3.59. The fraction of sp³-hybridized carbons (Fsp3) is 0.273. The number of carboxylic acids is 1. The maximum atomic E-state index is 13.8. The van der Waals surface area contributed by atoms with Crippen LogP contribution >= 0.6 is 10.8 Å². The highest BCUT2D eigenvalue weighted by molar-refractivity contribution is 8.71. The van der Waals surface area contributed by atoms with Gasteiger partial charge in [0.2, 0.25) is 0 Å². The molecule has 0 bridgehead atoms. The topological polar surface area (TPSA) is 149 Å². The van der Waals surface area contributed by atoms with Gasteiger partial charge < -0.3 is 10.4 Å². The molecule has 0 saturated carbocycles. The number of nitrogens with one attached hydrogen (secondary N) is 1. The second-order valence-corrected chi connectivity index (χ2v) is 9.02. The van der Waals surface area contributed by atoms with Gasteiger partial charge in [0.25, 0.3) is 5.91 Å². The van der Waals surface area contributed by atoms with E-state index in [1.54, 1.807) is 5.32 Å². The van der Waals surface area contributed by atoms with E-state index in [0.717, 1.165) is 6.26 Å². The van der Waals surface area contributed by atoms with Gasteiger partial charge in [0.1, 0.15) is 17.3 Å². The number of halogens is 4. The third-order valence-electron chi connectivity index (χ3n) is 2.66. The van der Waals surface area contributed by atoms with Gasteiger partial charge in [0.05, 0.1) is 0 Å². The number of aliphatic carboxylic acids is 1. The van der Waals surface area contributed by atoms with Crippen molar-refractivity contribution in [3.05, 3.63) is 39.3 Å². The molecule has 0 aliphatic carbocycles. The van der Waals surface area contributed by atoms with Gasteiger partial charge in [-0.05, 0) is 16.3 Å². The summed E-state index contributed by atoms with van der Waals surface area (Å²) in [5.41, 5.74) is 4.67. The molecule has 0 aromatic heterocycles. The van der Waals surface area contributed by atoms with E-state index in [9.17, 15) is 35.6 Å². The van der Waals surface area contributed by atoms with E-state index in [0.29, 0.717) is 0 Å². The number of carboxylic acid groups (broad SMARTS) is 1. The van der Waals surface area contributed by atoms with Crippen molar-refractivity contribution in [2.45, 2.75) is 6.04 Å². The number of carbonyl (C=O) groups is 2. The van der Waals surface area contributed by atoms with Gasteiger partial charge in [-0.1, -0.05) is 5.11 Å². The molecule has 0 aliphatic heterocycles. The fourth-order valence-corrected chi connectivity index (χ4v) is 3.31. The lowest BCUT2D eigenvalue weighted by Crippen LogP contribution is -2.43. The highest BCUT2D eigenvalue weighted by Crippen LogP contribution is 2.30. The number of hydrogen-bond acceptors (Lipinski definition) is 6. The first-order valence-electron chi connectivity index (χ1n) is 6.19. The van der Waals surface area contributed by atoms with Crippen LogP contribution in [-0.4, -0.2) is 43.5 Å². The quantitative estimate of drug-likeness (QED) is 0.173. The first kappa shape index (κ1) is 21.5. The van der Waals surface area contributed by atoms with E-state index in [1.165, 1.54) is 0 Å². The Balaban J connectivity index is 3.28. The lowest BCUT2D eigenvalue weighted by molar-refractivity contribution is -0.138. The van der Waals surface area contributed by atoms with Crippen molar-refractivity contribution in [2.24, 2.45) is 5.11 Å². The molecule has 9 nitrogen and oxygen atoms in total. The van der Waals surface area contributed by atoms with E-state index in [2.05, 4.69) is 5.11 Å². The molecule has 2 N–H and O–H groups in total. The van der Waals surface area contributed by atoms with Gasteiger partial charge in [-0.15, -0.1) is 0 Å². The average Bonchev–Trinajstić information content (AvgIpc) is 2.52. The Morgan fingerprint density at radius 3 is 2.12 bits per heavy atom. The van der Waals surface area contributed by atoms with Crippen LogP contribution in [0.3, 0.4) is 0 Å². The molecule has 142 valence electrons. The van der Waals surface area contributed by atoms with E-state index < -0.39 is 67.1 Å². The van der Waals surface area contributed by atoms with Crippen LogP contribution in [0, 0.1) is 23.3 Å². The van der Waals surface area contributed by atoms with Crippen molar-refractivity contribution in [3.63, 3.8) is 0 Å². The normalized spacial score (nSPS) is 12.2. The summed E-state index contributed by atoms with van der Waals surface area (Å²) in [5, 5.41) is 12.9. The highest BCUT2D eigenvalue weighted by Gasteiger charge is 2.31. The van der Waals surface area contributed by atoms with Crippen LogP contribution in [0.4, 0.5) is 23.2 Å². The van der Waals surface area contributed by atoms with Crippen molar-refractivity contribution in [1.82, 2.24) is 5.32 Å². The number of amides is 1. The van der Waals surface area contributed by atoms with E-state index in [1.807, 2.05) is 4.91 Å². The lowest BCUT2D eigenvalue weighted by atomic mass is 10.1. The standard InChI is InChI=1S/C11H8F4N4O5S2/c1-26(23,24)25-2-3(11(21)22)17-10(20)4-5(12)7(14)9(18-19-16)8(15)6(4)13/h3H,2H2,1H3,(H,17,20)(H,21,22). The van der Waals surface area contributed by atoms with E-state index in [4.69, 9.17) is 10.6 Å². The van der Waals surface area contributed by atoms with Crippen molar-refractivity contribution in [2.75, 3.05) is 12.0 Å². The largest absolute Gasteiger partial charge is 0.480 e. The van der Waals surface area contributed by atoms with Crippen LogP contribution in [0.15, 0.2) is 5.11 Å². The number of nitrogens with zero attached hydrogens (tertiary/aromatic N) is 3. The minimum absolute atomic E-state index is 0.117. The molecule has 26 heavy (non-hydrogen) atoms. The predicted molar refractivity (Wildman–Crippen MR) is 81.3 cm³/mol. The van der Waals surface area contributed by atoms with Gasteiger partial charge in [0, 0.05) is 16.9 Å². The number of carbonyl (C=O) groups excluding carboxylic acids is 1. The second kappa shape index (κ2) is 8.25. The molecule has 1 atom stereocenters. The van der Waals surface area contributed by atoms with Crippen LogP contribution in [0.1, 0.15) is 10.4 Å². The van der Waals surface area contributed by atoms with Crippen LogP contribution in [0.2, 0.25) is 0 Å². The van der Waals surface area contributed by atoms with E-state index >= 15 is 0 Å². The summed E-state index contributed by atoms with van der Waals surface area (Å²) in [6.45, 7) is 0. The van der Waals surface area contributed by atoms with Crippen LogP contribution in [0.25, 0.3) is 10.4 Å². The molecule has 0 fully saturated rings. The smallest absolute Gasteiger partial charge is 0.327 e. The molecule has 0 heterocycles. The molecule has 1 unspecified atom stereocenters. The fourth-order valence-electron chi connectivity index (χ4n) is 1.55. The predicted octanol–water partition coefficient (Wildman–Crippen LogP) is 2.06. The SMILES string of the molecule is CS(=O)(=O)SCC(NC(=O)c1c(F)c(F)c(N=[N+]=[N-])c(F)c1F)C(=O)O. The Morgan fingerprint density at radius 2 is 1.73 bits per heavy atom. The molecular formula is C11H8F4N4O5S2. The Hall–Kier alpha value is -2.51. The van der Waals surface area contributed by atoms with Crippen molar-refractivity contribution < 1.29 is 40.7 Å². The Morgan fingerprint density at radius 1 is 1.23 bits per heavy atom. The molecule has 0 spiro atoms. The first-order chi connectivity index (χ1) is 11.9. The summed E-state index contributed by atoms with van der Waals surface area (Å²) < 4.78 is 76.9. The second-order valence-electron chi connectivity index (χ2n) is 4.52. The third kappa shape index (κ3) is 5.00. The first-order valence-corrected chi connectivity index (χ1v) is 9.59. The lowest BCUT2D eigenvalue weighted by Gasteiger charge is -2.15. The van der Waals surface area contributed by atoms with Gasteiger partial charge in [0.15, 0.2) is 32.1 Å².